The summed E-state index contributed by atoms with van der Waals surface area (Å²) in [6.07, 6.45) is 0. The van der Waals surface area contributed by atoms with Gasteiger partial charge in [0, 0.05) is 12.1 Å². The molecule has 0 unspecified atom stereocenters. The maximum atomic E-state index is 12.4. The smallest absolute Gasteiger partial charge is 0.306 e. The van der Waals surface area contributed by atoms with Crippen LogP contribution < -0.4 is 15.4 Å². The molecule has 0 spiro atoms. The van der Waals surface area contributed by atoms with E-state index < -0.39 is 21.0 Å². The number of benzene rings is 2. The average molecular weight is 453 g/mol. The number of para-hydroxylation sites is 2. The molecule has 150 valence electrons. The second-order valence-electron chi connectivity index (χ2n) is 5.58. The number of anilines is 3. The normalized spacial score (nSPS) is 10.9. The number of nitro benzene ring substituents is 1. The lowest BCUT2D eigenvalue weighted by atomic mass is 10.2. The first-order valence-electron chi connectivity index (χ1n) is 7.93. The number of nitrogens with zero attached hydrogens (tertiary/aromatic N) is 1. The second kappa shape index (κ2) is 8.47. The van der Waals surface area contributed by atoms with Crippen molar-refractivity contribution in [1.29, 1.82) is 0 Å². The Morgan fingerprint density at radius 1 is 1.00 bits per heavy atom. The molecule has 3 aromatic rings. The Hall–Kier alpha value is -3.15. The number of hydrogen-bond acceptors (Lipinski definition) is 6. The first kappa shape index (κ1) is 20.6. The van der Waals surface area contributed by atoms with E-state index in [0.29, 0.717) is 0 Å². The third-order valence-electron chi connectivity index (χ3n) is 3.59. The number of non-ortho nitro benzene ring substituents is 1. The fraction of sp³-hybridized carbons (Fsp3) is 0. The number of urea groups is 1. The summed E-state index contributed by atoms with van der Waals surface area (Å²) in [7, 11) is -3.81. The van der Waals surface area contributed by atoms with Crippen molar-refractivity contribution in [1.82, 2.24) is 0 Å². The average Bonchev–Trinajstić information content (AvgIpc) is 3.20. The van der Waals surface area contributed by atoms with Gasteiger partial charge in [-0.15, -0.1) is 11.3 Å². The second-order valence-corrected chi connectivity index (χ2v) is 8.85. The van der Waals surface area contributed by atoms with E-state index in [9.17, 15) is 23.3 Å². The van der Waals surface area contributed by atoms with Gasteiger partial charge in [-0.1, -0.05) is 29.8 Å². The molecule has 29 heavy (non-hydrogen) atoms. The van der Waals surface area contributed by atoms with E-state index in [1.54, 1.807) is 23.6 Å². The van der Waals surface area contributed by atoms with Crippen molar-refractivity contribution in [3.8, 4) is 0 Å². The van der Waals surface area contributed by atoms with Gasteiger partial charge in [0.2, 0.25) is 0 Å². The van der Waals surface area contributed by atoms with Crippen molar-refractivity contribution < 1.29 is 18.1 Å². The maximum absolute atomic E-state index is 12.4. The Morgan fingerprint density at radius 2 is 1.69 bits per heavy atom. The highest BCUT2D eigenvalue weighted by Crippen LogP contribution is 2.28. The van der Waals surface area contributed by atoms with Gasteiger partial charge in [-0.25, -0.2) is 13.2 Å². The Bertz CT molecular complexity index is 1170. The standard InChI is InChI=1S/C17H13ClN4O5S2/c18-12-8-7-11(22(24)25)10-15(12)20-17(23)19-13-4-1-2-5-14(13)21-29(26,27)16-6-3-9-28-16/h1-10,21H,(H2,19,20,23). The minimum atomic E-state index is -3.81. The van der Waals surface area contributed by atoms with Crippen LogP contribution in [0, 0.1) is 10.1 Å². The lowest BCUT2D eigenvalue weighted by Gasteiger charge is -2.14. The number of thiophene rings is 1. The van der Waals surface area contributed by atoms with Gasteiger partial charge in [0.25, 0.3) is 15.7 Å². The van der Waals surface area contributed by atoms with E-state index in [4.69, 9.17) is 11.6 Å². The first-order chi connectivity index (χ1) is 13.8. The van der Waals surface area contributed by atoms with Crippen molar-refractivity contribution >= 4 is 61.7 Å². The van der Waals surface area contributed by atoms with Crippen LogP contribution in [0.4, 0.5) is 27.5 Å². The summed E-state index contributed by atoms with van der Waals surface area (Å²) in [5.41, 5.74) is 0.136. The summed E-state index contributed by atoms with van der Waals surface area (Å²) in [6, 6.07) is 12.1. The van der Waals surface area contributed by atoms with Crippen LogP contribution in [-0.4, -0.2) is 19.4 Å². The molecule has 3 N–H and O–H groups in total. The molecular weight excluding hydrogens is 440 g/mol. The Morgan fingerprint density at radius 3 is 2.34 bits per heavy atom. The molecule has 0 aliphatic carbocycles. The number of nitrogens with one attached hydrogen (secondary N) is 3. The van der Waals surface area contributed by atoms with Crippen molar-refractivity contribution in [2.24, 2.45) is 0 Å². The molecule has 3 rings (SSSR count). The number of hydrogen-bond donors (Lipinski definition) is 3. The summed E-state index contributed by atoms with van der Waals surface area (Å²) in [4.78, 5) is 22.6. The van der Waals surface area contributed by atoms with Gasteiger partial charge in [-0.2, -0.15) is 0 Å². The largest absolute Gasteiger partial charge is 0.323 e. The highest BCUT2D eigenvalue weighted by molar-refractivity contribution is 7.94. The SMILES string of the molecule is O=C(Nc1cc([N+](=O)[O-])ccc1Cl)Nc1ccccc1NS(=O)(=O)c1cccs1. The zero-order chi connectivity index (χ0) is 21.0. The quantitative estimate of drug-likeness (QED) is 0.366. The van der Waals surface area contributed by atoms with Gasteiger partial charge < -0.3 is 10.6 Å². The molecule has 1 heterocycles. The highest BCUT2D eigenvalue weighted by atomic mass is 35.5. The zero-order valence-electron chi connectivity index (χ0n) is 14.5. The lowest BCUT2D eigenvalue weighted by Crippen LogP contribution is -2.21. The van der Waals surface area contributed by atoms with Gasteiger partial charge in [0.1, 0.15) is 4.21 Å². The number of carbonyl (C=O) groups excluding carboxylic acids is 1. The summed E-state index contributed by atoms with van der Waals surface area (Å²) >= 11 is 7.02. The van der Waals surface area contributed by atoms with Crippen LogP contribution in [0.1, 0.15) is 0 Å². The predicted octanol–water partition coefficient (Wildman–Crippen LogP) is 4.75. The van der Waals surface area contributed by atoms with E-state index in [-0.39, 0.29) is 32.0 Å². The first-order valence-corrected chi connectivity index (χ1v) is 10.7. The van der Waals surface area contributed by atoms with Crippen LogP contribution in [0.2, 0.25) is 5.02 Å². The third kappa shape index (κ3) is 5.02. The van der Waals surface area contributed by atoms with Gasteiger partial charge in [-0.05, 0) is 29.6 Å². The topological polar surface area (TPSA) is 130 Å². The van der Waals surface area contributed by atoms with Crippen LogP contribution >= 0.6 is 22.9 Å². The molecule has 9 nitrogen and oxygen atoms in total. The van der Waals surface area contributed by atoms with Crippen LogP contribution in [-0.2, 0) is 10.0 Å². The minimum absolute atomic E-state index is 0.0371. The highest BCUT2D eigenvalue weighted by Gasteiger charge is 2.18. The van der Waals surface area contributed by atoms with Crippen LogP contribution in [0.5, 0.6) is 0 Å². The number of halogens is 1. The minimum Gasteiger partial charge on any atom is -0.306 e. The molecule has 0 saturated heterocycles. The number of rotatable bonds is 6. The molecule has 0 aliphatic heterocycles. The molecule has 0 radical (unpaired) electrons. The molecule has 0 atom stereocenters. The van der Waals surface area contributed by atoms with Crippen molar-refractivity contribution in [3.05, 3.63) is 75.1 Å². The molecule has 0 bridgehead atoms. The van der Waals surface area contributed by atoms with E-state index in [0.717, 1.165) is 17.4 Å². The molecule has 0 saturated carbocycles. The van der Waals surface area contributed by atoms with Crippen molar-refractivity contribution in [2.75, 3.05) is 15.4 Å². The molecule has 2 amide bonds. The fourth-order valence-corrected chi connectivity index (χ4v) is 4.53. The number of nitro groups is 1. The number of sulfonamides is 1. The van der Waals surface area contributed by atoms with Crippen LogP contribution in [0.25, 0.3) is 0 Å². The maximum Gasteiger partial charge on any atom is 0.323 e. The van der Waals surface area contributed by atoms with E-state index in [1.165, 1.54) is 30.3 Å². The van der Waals surface area contributed by atoms with Gasteiger partial charge in [0.05, 0.1) is 27.0 Å². The van der Waals surface area contributed by atoms with Crippen molar-refractivity contribution in [3.63, 3.8) is 0 Å². The lowest BCUT2D eigenvalue weighted by molar-refractivity contribution is -0.384. The molecule has 0 fully saturated rings. The Labute approximate surface area is 174 Å². The predicted molar refractivity (Wildman–Crippen MR) is 112 cm³/mol. The molecular formula is C17H13ClN4O5S2. The molecule has 1 aromatic heterocycles. The Kier molecular flexibility index (Phi) is 6.01. The fourth-order valence-electron chi connectivity index (χ4n) is 2.29. The third-order valence-corrected chi connectivity index (χ3v) is 6.68. The number of carbonyl (C=O) groups is 1. The summed E-state index contributed by atoms with van der Waals surface area (Å²) in [6.45, 7) is 0. The van der Waals surface area contributed by atoms with Gasteiger partial charge in [0.15, 0.2) is 0 Å². The number of amides is 2. The zero-order valence-corrected chi connectivity index (χ0v) is 16.8. The van der Waals surface area contributed by atoms with Gasteiger partial charge >= 0.3 is 6.03 Å². The summed E-state index contributed by atoms with van der Waals surface area (Å²) < 4.78 is 27.4. The van der Waals surface area contributed by atoms with Crippen LogP contribution in [0.3, 0.4) is 0 Å². The summed E-state index contributed by atoms with van der Waals surface area (Å²) in [5.74, 6) is 0. The monoisotopic (exact) mass is 452 g/mol. The van der Waals surface area contributed by atoms with E-state index >= 15 is 0 Å². The van der Waals surface area contributed by atoms with Gasteiger partial charge in [-0.3, -0.25) is 14.8 Å². The molecule has 2 aromatic carbocycles. The Balaban J connectivity index is 1.79. The van der Waals surface area contributed by atoms with Crippen molar-refractivity contribution in [2.45, 2.75) is 4.21 Å². The molecule has 12 heteroatoms. The molecule has 0 aliphatic rings. The van der Waals surface area contributed by atoms with E-state index in [1.807, 2.05) is 0 Å². The van der Waals surface area contributed by atoms with Crippen LogP contribution in [0.15, 0.2) is 64.2 Å². The summed E-state index contributed by atoms with van der Waals surface area (Å²) in [5, 5.41) is 17.5. The van der Waals surface area contributed by atoms with E-state index in [2.05, 4.69) is 15.4 Å².